The topological polar surface area (TPSA) is 101 Å². The summed E-state index contributed by atoms with van der Waals surface area (Å²) in [6, 6.07) is 6.28. The number of allylic oxidation sites excluding steroid dienone is 3. The molecule has 0 unspecified atom stereocenters. The number of anilines is 2. The molecular formula is C31H41N3O4S. The Morgan fingerprint density at radius 2 is 1.82 bits per heavy atom. The Hall–Kier alpha value is -2.87. The highest BCUT2D eigenvalue weighted by Gasteiger charge is 2.45. The molecule has 3 aliphatic carbocycles. The molecule has 0 saturated carbocycles. The van der Waals surface area contributed by atoms with E-state index in [1.165, 1.54) is 36.1 Å². The van der Waals surface area contributed by atoms with Crippen LogP contribution in [0.1, 0.15) is 83.9 Å². The summed E-state index contributed by atoms with van der Waals surface area (Å²) < 4.78 is 33.3. The summed E-state index contributed by atoms with van der Waals surface area (Å²) in [6.45, 7) is 12.6. The molecule has 3 aliphatic rings. The Balaban J connectivity index is 1.35. The van der Waals surface area contributed by atoms with Crippen molar-refractivity contribution >= 4 is 27.5 Å². The number of nitrogens with zero attached hydrogens (tertiary/aromatic N) is 1. The minimum atomic E-state index is -3.85. The van der Waals surface area contributed by atoms with Crippen LogP contribution < -0.4 is 10.0 Å². The van der Waals surface area contributed by atoms with Crippen LogP contribution in [-0.4, -0.2) is 19.5 Å². The van der Waals surface area contributed by atoms with Crippen LogP contribution in [0.3, 0.4) is 0 Å². The van der Waals surface area contributed by atoms with Crippen LogP contribution in [0, 0.1) is 37.0 Å². The third kappa shape index (κ3) is 5.08. The molecule has 1 amide bonds. The number of carbonyl (C=O) groups excluding carboxylic acids is 1. The van der Waals surface area contributed by atoms with Gasteiger partial charge in [-0.1, -0.05) is 37.1 Å². The average molecular weight is 552 g/mol. The van der Waals surface area contributed by atoms with Crippen molar-refractivity contribution in [3.05, 3.63) is 57.8 Å². The van der Waals surface area contributed by atoms with Crippen molar-refractivity contribution in [3.63, 3.8) is 0 Å². The normalized spacial score (nSPS) is 25.4. The third-order valence-electron chi connectivity index (χ3n) is 9.51. The van der Waals surface area contributed by atoms with Crippen LogP contribution in [0.4, 0.5) is 11.6 Å². The van der Waals surface area contributed by atoms with Gasteiger partial charge in [0.25, 0.3) is 10.0 Å². The molecule has 7 nitrogen and oxygen atoms in total. The molecule has 0 fully saturated rings. The SMILES string of the molecule is Cc1noc(NS(=O)(=O)c2ccc(NC(=O)[C@@]3(C)CC[C@H](C)C4=C3CCC3=C4CC[C@H](C(C)C)C3)cc2)c1C. The van der Waals surface area contributed by atoms with Gasteiger partial charge in [-0.05, 0) is 119 Å². The van der Waals surface area contributed by atoms with Gasteiger partial charge in [0.2, 0.25) is 11.8 Å². The fourth-order valence-electron chi connectivity index (χ4n) is 6.68. The van der Waals surface area contributed by atoms with Crippen molar-refractivity contribution < 1.29 is 17.7 Å². The van der Waals surface area contributed by atoms with Crippen LogP contribution >= 0.6 is 0 Å². The lowest BCUT2D eigenvalue weighted by atomic mass is 9.59. The lowest BCUT2D eigenvalue weighted by molar-refractivity contribution is -0.123. The van der Waals surface area contributed by atoms with Gasteiger partial charge >= 0.3 is 0 Å². The summed E-state index contributed by atoms with van der Waals surface area (Å²) in [4.78, 5) is 13.9. The highest BCUT2D eigenvalue weighted by molar-refractivity contribution is 7.92. The molecule has 0 radical (unpaired) electrons. The molecule has 5 rings (SSSR count). The van der Waals surface area contributed by atoms with Gasteiger partial charge in [0.15, 0.2) is 0 Å². The van der Waals surface area contributed by atoms with Crippen LogP contribution in [0.5, 0.6) is 0 Å². The molecule has 0 bridgehead atoms. The van der Waals surface area contributed by atoms with Gasteiger partial charge in [-0.3, -0.25) is 4.79 Å². The lowest BCUT2D eigenvalue weighted by Crippen LogP contribution is -2.41. The van der Waals surface area contributed by atoms with E-state index in [2.05, 4.69) is 42.9 Å². The van der Waals surface area contributed by atoms with Gasteiger partial charge in [0.1, 0.15) is 0 Å². The second-order valence-corrected chi connectivity index (χ2v) is 14.0. The van der Waals surface area contributed by atoms with Crippen molar-refractivity contribution in [2.24, 2.45) is 23.2 Å². The van der Waals surface area contributed by atoms with Gasteiger partial charge < -0.3 is 9.84 Å². The van der Waals surface area contributed by atoms with Gasteiger partial charge in [-0.25, -0.2) is 13.1 Å². The maximum Gasteiger partial charge on any atom is 0.264 e. The number of aryl methyl sites for hydroxylation is 1. The summed E-state index contributed by atoms with van der Waals surface area (Å²) >= 11 is 0. The molecule has 0 spiro atoms. The highest BCUT2D eigenvalue weighted by atomic mass is 32.2. The second kappa shape index (κ2) is 10.3. The Morgan fingerprint density at radius 1 is 1.10 bits per heavy atom. The van der Waals surface area contributed by atoms with E-state index in [1.807, 2.05) is 0 Å². The van der Waals surface area contributed by atoms with Gasteiger partial charge in [-0.2, -0.15) is 0 Å². The average Bonchev–Trinajstić information content (AvgIpc) is 3.22. The van der Waals surface area contributed by atoms with Gasteiger partial charge in [0.05, 0.1) is 16.0 Å². The lowest BCUT2D eigenvalue weighted by Gasteiger charge is -2.45. The number of fused-ring (bicyclic) bond motifs is 1. The fraction of sp³-hybridized carbons (Fsp3) is 0.548. The number of rotatable bonds is 6. The van der Waals surface area contributed by atoms with E-state index in [4.69, 9.17) is 4.52 Å². The molecule has 39 heavy (non-hydrogen) atoms. The summed E-state index contributed by atoms with van der Waals surface area (Å²) in [5.74, 6) is 2.06. The van der Waals surface area contributed by atoms with Crippen molar-refractivity contribution in [1.29, 1.82) is 0 Å². The Kier molecular flexibility index (Phi) is 7.29. The standard InChI is InChI=1S/C31H41N3O4S/c1-18(2)22-7-13-26-23(17-22)8-14-27-28(26)19(3)15-16-31(27,6)30(35)32-24-9-11-25(12-10-24)39(36,37)34-29-20(4)21(5)33-38-29/h9-12,18-19,22,34H,7-8,13-17H2,1-6H3,(H,32,35)/t19-,22-,31-/m0/s1. The van der Waals surface area contributed by atoms with Gasteiger partial charge in [-0.15, -0.1) is 0 Å². The Labute approximate surface area is 232 Å². The van der Waals surface area contributed by atoms with Crippen LogP contribution in [0.15, 0.2) is 56.0 Å². The first-order valence-corrected chi connectivity index (χ1v) is 15.7. The molecule has 0 aliphatic heterocycles. The van der Waals surface area contributed by atoms with E-state index in [9.17, 15) is 13.2 Å². The zero-order valence-electron chi connectivity index (χ0n) is 24.0. The number of aromatic nitrogens is 1. The first-order chi connectivity index (χ1) is 18.4. The number of hydrogen-bond donors (Lipinski definition) is 2. The van der Waals surface area contributed by atoms with E-state index in [-0.39, 0.29) is 16.7 Å². The second-order valence-electron chi connectivity index (χ2n) is 12.3. The third-order valence-corrected chi connectivity index (χ3v) is 10.9. The van der Waals surface area contributed by atoms with Crippen molar-refractivity contribution in [3.8, 4) is 0 Å². The smallest absolute Gasteiger partial charge is 0.264 e. The summed E-state index contributed by atoms with van der Waals surface area (Å²) in [5.41, 5.74) is 7.27. The molecule has 1 aromatic heterocycles. The minimum absolute atomic E-state index is 0.0108. The zero-order chi connectivity index (χ0) is 28.1. The van der Waals surface area contributed by atoms with Crippen molar-refractivity contribution in [2.75, 3.05) is 10.0 Å². The van der Waals surface area contributed by atoms with E-state index in [0.717, 1.165) is 38.0 Å². The largest absolute Gasteiger partial charge is 0.337 e. The molecule has 210 valence electrons. The van der Waals surface area contributed by atoms with E-state index in [0.29, 0.717) is 28.8 Å². The van der Waals surface area contributed by atoms with Crippen LogP contribution in [0.2, 0.25) is 0 Å². The van der Waals surface area contributed by atoms with Gasteiger partial charge in [0, 0.05) is 11.3 Å². The first kappa shape index (κ1) is 27.7. The predicted octanol–water partition coefficient (Wildman–Crippen LogP) is 7.31. The highest BCUT2D eigenvalue weighted by Crippen LogP contribution is 2.54. The van der Waals surface area contributed by atoms with Crippen LogP contribution in [-0.2, 0) is 14.8 Å². The zero-order valence-corrected chi connectivity index (χ0v) is 24.8. The first-order valence-electron chi connectivity index (χ1n) is 14.2. The number of amides is 1. The maximum atomic E-state index is 13.8. The minimum Gasteiger partial charge on any atom is -0.337 e. The van der Waals surface area contributed by atoms with E-state index >= 15 is 0 Å². The number of sulfonamides is 1. The maximum absolute atomic E-state index is 13.8. The molecule has 2 N–H and O–H groups in total. The van der Waals surface area contributed by atoms with E-state index in [1.54, 1.807) is 37.1 Å². The quantitative estimate of drug-likeness (QED) is 0.392. The number of nitrogens with one attached hydrogen (secondary N) is 2. The molecule has 2 aromatic rings. The van der Waals surface area contributed by atoms with Crippen molar-refractivity contribution in [2.45, 2.75) is 91.4 Å². The number of carbonyl (C=O) groups is 1. The summed E-state index contributed by atoms with van der Waals surface area (Å²) in [5, 5.41) is 6.90. The summed E-state index contributed by atoms with van der Waals surface area (Å²) in [6.07, 6.45) is 7.42. The molecule has 3 atom stereocenters. The molecule has 1 heterocycles. The molecule has 0 saturated heterocycles. The Morgan fingerprint density at radius 3 is 2.46 bits per heavy atom. The molecule has 8 heteroatoms. The van der Waals surface area contributed by atoms with E-state index < -0.39 is 15.4 Å². The summed E-state index contributed by atoms with van der Waals surface area (Å²) in [7, 11) is -3.85. The van der Waals surface area contributed by atoms with Crippen LogP contribution in [0.25, 0.3) is 0 Å². The van der Waals surface area contributed by atoms with Crippen molar-refractivity contribution in [1.82, 2.24) is 5.16 Å². The molecule has 1 aromatic carbocycles. The Bertz CT molecular complexity index is 1450. The monoisotopic (exact) mass is 551 g/mol. The predicted molar refractivity (Wildman–Crippen MR) is 154 cm³/mol. The number of benzene rings is 1. The number of hydrogen-bond acceptors (Lipinski definition) is 5. The fourth-order valence-corrected chi connectivity index (χ4v) is 7.73. The molecular weight excluding hydrogens is 510 g/mol.